The third-order valence-corrected chi connectivity index (χ3v) is 6.69. The van der Waals surface area contributed by atoms with Gasteiger partial charge < -0.3 is 19.3 Å². The number of carbonyl (C=O) groups excluding carboxylic acids is 2. The molecule has 168 valence electrons. The molecule has 5 rings (SSSR count). The summed E-state index contributed by atoms with van der Waals surface area (Å²) >= 11 is 1.40. The monoisotopic (exact) mass is 463 g/mol. The zero-order valence-electron chi connectivity index (χ0n) is 18.2. The molecule has 1 unspecified atom stereocenters. The Hall–Kier alpha value is -3.78. The summed E-state index contributed by atoms with van der Waals surface area (Å²) < 4.78 is 16.4. The smallest absolute Gasteiger partial charge is 0.300 e. The summed E-state index contributed by atoms with van der Waals surface area (Å²) in [5, 5.41) is 13.3. The molecule has 0 radical (unpaired) electrons. The SMILES string of the molecule is COc1c(C)cc(C)cc1/C(O)=C1/C(=O)C(=O)N(c2ccc3c(c2)OCO3)C1c1cccs1. The number of Topliss-reactive ketones (excluding diaryl/α,β-unsaturated/α-hetero) is 1. The van der Waals surface area contributed by atoms with Crippen molar-refractivity contribution in [2.45, 2.75) is 19.9 Å². The molecular formula is C25H21NO6S. The Bertz CT molecular complexity index is 1310. The number of nitrogens with zero attached hydrogens (tertiary/aromatic N) is 1. The van der Waals surface area contributed by atoms with Gasteiger partial charge in [0.25, 0.3) is 11.7 Å². The number of aliphatic hydroxyl groups is 1. The van der Waals surface area contributed by atoms with E-state index in [1.54, 1.807) is 24.3 Å². The van der Waals surface area contributed by atoms with Crippen LogP contribution in [0.5, 0.6) is 17.2 Å². The molecule has 1 aromatic heterocycles. The van der Waals surface area contributed by atoms with Gasteiger partial charge in [0.05, 0.1) is 18.2 Å². The highest BCUT2D eigenvalue weighted by Gasteiger charge is 2.48. The number of hydrogen-bond acceptors (Lipinski definition) is 7. The molecule has 0 spiro atoms. The largest absolute Gasteiger partial charge is 0.507 e. The summed E-state index contributed by atoms with van der Waals surface area (Å²) in [7, 11) is 1.51. The summed E-state index contributed by atoms with van der Waals surface area (Å²) in [5.41, 5.74) is 2.58. The molecule has 1 saturated heterocycles. The van der Waals surface area contributed by atoms with Crippen molar-refractivity contribution in [1.29, 1.82) is 0 Å². The van der Waals surface area contributed by atoms with Gasteiger partial charge in [0.2, 0.25) is 6.79 Å². The molecule has 2 aliphatic heterocycles. The van der Waals surface area contributed by atoms with Crippen LogP contribution in [0.3, 0.4) is 0 Å². The van der Waals surface area contributed by atoms with Gasteiger partial charge in [0, 0.05) is 16.6 Å². The molecule has 1 atom stereocenters. The Balaban J connectivity index is 1.73. The number of aryl methyl sites for hydroxylation is 2. The van der Waals surface area contributed by atoms with E-state index in [0.29, 0.717) is 28.5 Å². The molecular weight excluding hydrogens is 442 g/mol. The fourth-order valence-corrected chi connectivity index (χ4v) is 5.22. The minimum Gasteiger partial charge on any atom is -0.507 e. The predicted molar refractivity (Wildman–Crippen MR) is 124 cm³/mol. The molecule has 3 heterocycles. The summed E-state index contributed by atoms with van der Waals surface area (Å²) in [5.74, 6) is -0.226. The first-order chi connectivity index (χ1) is 15.9. The summed E-state index contributed by atoms with van der Waals surface area (Å²) in [4.78, 5) is 28.7. The van der Waals surface area contributed by atoms with Crippen molar-refractivity contribution < 1.29 is 28.9 Å². The number of methoxy groups -OCH3 is 1. The average molecular weight is 464 g/mol. The van der Waals surface area contributed by atoms with Crippen LogP contribution in [-0.4, -0.2) is 30.7 Å². The Morgan fingerprint density at radius 2 is 1.91 bits per heavy atom. The summed E-state index contributed by atoms with van der Waals surface area (Å²) in [6.45, 7) is 3.86. The van der Waals surface area contributed by atoms with Crippen LogP contribution < -0.4 is 19.1 Å². The predicted octanol–water partition coefficient (Wildman–Crippen LogP) is 4.73. The van der Waals surface area contributed by atoms with Crippen LogP contribution in [0.25, 0.3) is 5.76 Å². The second-order valence-corrected chi connectivity index (χ2v) is 8.86. The van der Waals surface area contributed by atoms with E-state index >= 15 is 0 Å². The third-order valence-electron chi connectivity index (χ3n) is 5.77. The van der Waals surface area contributed by atoms with E-state index in [-0.39, 0.29) is 18.1 Å². The molecule has 3 aromatic rings. The number of amides is 1. The van der Waals surface area contributed by atoms with Crippen LogP contribution in [0, 0.1) is 13.8 Å². The first-order valence-corrected chi connectivity index (χ1v) is 11.2. The van der Waals surface area contributed by atoms with Gasteiger partial charge in [0.15, 0.2) is 11.5 Å². The maximum Gasteiger partial charge on any atom is 0.300 e. The van der Waals surface area contributed by atoms with Crippen LogP contribution in [0.2, 0.25) is 0 Å². The fraction of sp³-hybridized carbons (Fsp3) is 0.200. The maximum atomic E-state index is 13.3. The molecule has 7 nitrogen and oxygen atoms in total. The van der Waals surface area contributed by atoms with Crippen LogP contribution in [0.15, 0.2) is 53.4 Å². The van der Waals surface area contributed by atoms with Gasteiger partial charge in [-0.2, -0.15) is 0 Å². The lowest BCUT2D eigenvalue weighted by Gasteiger charge is -2.24. The van der Waals surface area contributed by atoms with E-state index < -0.39 is 17.7 Å². The molecule has 0 aliphatic carbocycles. The highest BCUT2D eigenvalue weighted by molar-refractivity contribution is 7.10. The Labute approximate surface area is 194 Å². The lowest BCUT2D eigenvalue weighted by atomic mass is 9.96. The zero-order chi connectivity index (χ0) is 23.3. The van der Waals surface area contributed by atoms with Crippen molar-refractivity contribution in [2.24, 2.45) is 0 Å². The number of benzene rings is 2. The van der Waals surface area contributed by atoms with Crippen molar-refractivity contribution >= 4 is 34.5 Å². The fourth-order valence-electron chi connectivity index (χ4n) is 4.40. The molecule has 0 saturated carbocycles. The third kappa shape index (κ3) is 3.34. The Morgan fingerprint density at radius 1 is 1.12 bits per heavy atom. The van der Waals surface area contributed by atoms with Gasteiger partial charge in [-0.15, -0.1) is 11.3 Å². The Kier molecular flexibility index (Phi) is 5.09. The molecule has 8 heteroatoms. The van der Waals surface area contributed by atoms with E-state index in [1.165, 1.54) is 23.3 Å². The van der Waals surface area contributed by atoms with E-state index in [4.69, 9.17) is 14.2 Å². The number of anilines is 1. The van der Waals surface area contributed by atoms with Gasteiger partial charge in [0.1, 0.15) is 17.6 Å². The molecule has 2 aliphatic rings. The molecule has 0 bridgehead atoms. The highest BCUT2D eigenvalue weighted by Crippen LogP contribution is 2.46. The molecule has 1 N–H and O–H groups in total. The first kappa shape index (κ1) is 21.1. The highest BCUT2D eigenvalue weighted by atomic mass is 32.1. The second kappa shape index (κ2) is 7.97. The molecule has 2 aromatic carbocycles. The quantitative estimate of drug-likeness (QED) is 0.342. The van der Waals surface area contributed by atoms with E-state index in [0.717, 1.165) is 16.0 Å². The average Bonchev–Trinajstić information content (AvgIpc) is 3.53. The zero-order valence-corrected chi connectivity index (χ0v) is 19.1. The molecule has 1 fully saturated rings. The van der Waals surface area contributed by atoms with Crippen molar-refractivity contribution in [2.75, 3.05) is 18.8 Å². The topological polar surface area (TPSA) is 85.3 Å². The van der Waals surface area contributed by atoms with E-state index in [2.05, 4.69) is 0 Å². The van der Waals surface area contributed by atoms with Crippen molar-refractivity contribution in [1.82, 2.24) is 0 Å². The van der Waals surface area contributed by atoms with Crippen LogP contribution >= 0.6 is 11.3 Å². The first-order valence-electron chi connectivity index (χ1n) is 10.3. The van der Waals surface area contributed by atoms with Crippen LogP contribution in [0.4, 0.5) is 5.69 Å². The second-order valence-electron chi connectivity index (χ2n) is 7.88. The summed E-state index contributed by atoms with van der Waals surface area (Å²) in [6, 6.07) is 11.6. The van der Waals surface area contributed by atoms with Gasteiger partial charge in [-0.3, -0.25) is 14.5 Å². The minimum absolute atomic E-state index is 0.0171. The maximum absolute atomic E-state index is 13.3. The lowest BCUT2D eigenvalue weighted by Crippen LogP contribution is -2.29. The van der Waals surface area contributed by atoms with Gasteiger partial charge in [-0.1, -0.05) is 12.1 Å². The number of rotatable bonds is 4. The van der Waals surface area contributed by atoms with Crippen LogP contribution in [-0.2, 0) is 9.59 Å². The molecule has 1 amide bonds. The van der Waals surface area contributed by atoms with E-state index in [1.807, 2.05) is 37.4 Å². The number of thiophene rings is 1. The minimum atomic E-state index is -0.795. The van der Waals surface area contributed by atoms with Crippen molar-refractivity contribution in [3.8, 4) is 17.2 Å². The standard InChI is InChI=1S/C25H21NO6S/c1-13-9-14(2)24(30-3)16(10-13)22(27)20-21(19-5-4-8-33-19)26(25(29)23(20)28)15-6-7-17-18(11-15)32-12-31-17/h4-11,21,27H,12H2,1-3H3/b22-20-. The molecule has 33 heavy (non-hydrogen) atoms. The van der Waals surface area contributed by atoms with Crippen molar-refractivity contribution in [3.63, 3.8) is 0 Å². The number of ketones is 1. The van der Waals surface area contributed by atoms with Gasteiger partial charge in [-0.25, -0.2) is 0 Å². The number of hydrogen-bond donors (Lipinski definition) is 1. The normalized spacial score (nSPS) is 18.8. The Morgan fingerprint density at radius 3 is 2.64 bits per heavy atom. The van der Waals surface area contributed by atoms with E-state index in [9.17, 15) is 14.7 Å². The van der Waals surface area contributed by atoms with Gasteiger partial charge in [-0.05, 0) is 54.6 Å². The number of carbonyl (C=O) groups is 2. The number of aliphatic hydroxyl groups excluding tert-OH is 1. The lowest BCUT2D eigenvalue weighted by molar-refractivity contribution is -0.132. The van der Waals surface area contributed by atoms with Crippen LogP contribution in [0.1, 0.15) is 27.6 Å². The van der Waals surface area contributed by atoms with Gasteiger partial charge >= 0.3 is 0 Å². The number of ether oxygens (including phenoxy) is 3. The van der Waals surface area contributed by atoms with Crippen molar-refractivity contribution in [3.05, 3.63) is 75.0 Å². The number of fused-ring (bicyclic) bond motifs is 1. The summed E-state index contributed by atoms with van der Waals surface area (Å²) in [6.07, 6.45) is 0.